The molecular weight excluding hydrogens is 442 g/mol. The SMILES string of the molecule is c1ccc(-c2ccc3oc4c(cc5c6ccccc6n6c7nc8ccccc8nc7c4c56)c3c2)cc1. The van der Waals surface area contributed by atoms with Crippen LogP contribution in [0.4, 0.5) is 0 Å². The van der Waals surface area contributed by atoms with E-state index in [1.165, 1.54) is 21.9 Å². The lowest BCUT2D eigenvalue weighted by Gasteiger charge is -2.01. The average Bonchev–Trinajstić information content (AvgIpc) is 3.57. The predicted molar refractivity (Wildman–Crippen MR) is 147 cm³/mol. The molecule has 0 radical (unpaired) electrons. The van der Waals surface area contributed by atoms with E-state index in [9.17, 15) is 0 Å². The molecule has 4 nitrogen and oxygen atoms in total. The van der Waals surface area contributed by atoms with Crippen molar-refractivity contribution in [3.63, 3.8) is 0 Å². The number of hydrogen-bond donors (Lipinski definition) is 0. The van der Waals surface area contributed by atoms with E-state index < -0.39 is 0 Å². The molecule has 0 amide bonds. The first-order valence-electron chi connectivity index (χ1n) is 12.1. The molecule has 0 saturated carbocycles. The lowest BCUT2D eigenvalue weighted by Crippen LogP contribution is -1.88. The third-order valence-corrected chi connectivity index (χ3v) is 7.50. The highest BCUT2D eigenvalue weighted by Crippen LogP contribution is 2.45. The molecule has 166 valence electrons. The van der Waals surface area contributed by atoms with Gasteiger partial charge < -0.3 is 4.42 Å². The summed E-state index contributed by atoms with van der Waals surface area (Å²) in [5.41, 5.74) is 9.91. The van der Waals surface area contributed by atoms with Crippen molar-refractivity contribution in [2.45, 2.75) is 0 Å². The molecule has 0 bridgehead atoms. The number of furan rings is 1. The summed E-state index contributed by atoms with van der Waals surface area (Å²) >= 11 is 0. The van der Waals surface area contributed by atoms with Crippen LogP contribution in [0.5, 0.6) is 0 Å². The zero-order chi connectivity index (χ0) is 23.4. The van der Waals surface area contributed by atoms with Crippen molar-refractivity contribution in [3.8, 4) is 11.1 Å². The van der Waals surface area contributed by atoms with Gasteiger partial charge in [-0.15, -0.1) is 0 Å². The van der Waals surface area contributed by atoms with Gasteiger partial charge in [-0.1, -0.05) is 66.7 Å². The Hall–Kier alpha value is -4.96. The highest BCUT2D eigenvalue weighted by Gasteiger charge is 2.24. The quantitative estimate of drug-likeness (QED) is 0.248. The minimum atomic E-state index is 0.868. The Labute approximate surface area is 204 Å². The Morgan fingerprint density at radius 2 is 1.36 bits per heavy atom. The van der Waals surface area contributed by atoms with Gasteiger partial charge in [0.1, 0.15) is 16.7 Å². The Balaban J connectivity index is 1.54. The molecule has 0 atom stereocenters. The first-order chi connectivity index (χ1) is 17.8. The minimum absolute atomic E-state index is 0.868. The van der Waals surface area contributed by atoms with E-state index in [0.717, 1.165) is 60.6 Å². The third-order valence-electron chi connectivity index (χ3n) is 7.50. The maximum Gasteiger partial charge on any atom is 0.165 e. The molecule has 0 spiro atoms. The molecule has 4 heteroatoms. The molecule has 0 aliphatic heterocycles. The first-order valence-corrected chi connectivity index (χ1v) is 12.1. The van der Waals surface area contributed by atoms with E-state index in [2.05, 4.69) is 77.2 Å². The highest BCUT2D eigenvalue weighted by molar-refractivity contribution is 6.32. The van der Waals surface area contributed by atoms with E-state index >= 15 is 0 Å². The molecule has 0 N–H and O–H groups in total. The van der Waals surface area contributed by atoms with Crippen molar-refractivity contribution in [1.82, 2.24) is 14.4 Å². The first kappa shape index (κ1) is 18.4. The number of fused-ring (bicyclic) bond motifs is 11. The highest BCUT2D eigenvalue weighted by atomic mass is 16.3. The Morgan fingerprint density at radius 3 is 2.25 bits per heavy atom. The van der Waals surface area contributed by atoms with Gasteiger partial charge in [0.25, 0.3) is 0 Å². The topological polar surface area (TPSA) is 43.3 Å². The fourth-order valence-corrected chi connectivity index (χ4v) is 5.92. The van der Waals surface area contributed by atoms with Gasteiger partial charge in [-0.3, -0.25) is 4.40 Å². The molecule has 0 unspecified atom stereocenters. The molecule has 9 rings (SSSR count). The van der Waals surface area contributed by atoms with Crippen LogP contribution < -0.4 is 0 Å². The van der Waals surface area contributed by atoms with Crippen molar-refractivity contribution in [2.75, 3.05) is 0 Å². The van der Waals surface area contributed by atoms with Crippen LogP contribution in [0, 0.1) is 0 Å². The second kappa shape index (κ2) is 6.37. The predicted octanol–water partition coefficient (Wildman–Crippen LogP) is 8.35. The Kier molecular flexibility index (Phi) is 3.25. The molecular formula is C32H17N3O. The van der Waals surface area contributed by atoms with Crippen LogP contribution in [0.3, 0.4) is 0 Å². The van der Waals surface area contributed by atoms with Crippen molar-refractivity contribution in [2.24, 2.45) is 0 Å². The molecule has 9 aromatic rings. The van der Waals surface area contributed by atoms with E-state index in [0.29, 0.717) is 0 Å². The summed E-state index contributed by atoms with van der Waals surface area (Å²) in [6.07, 6.45) is 0. The molecule has 0 aliphatic carbocycles. The van der Waals surface area contributed by atoms with Gasteiger partial charge in [0.05, 0.1) is 27.5 Å². The van der Waals surface area contributed by atoms with Crippen LogP contribution in [0.2, 0.25) is 0 Å². The number of nitrogens with zero attached hydrogens (tertiary/aromatic N) is 3. The summed E-state index contributed by atoms with van der Waals surface area (Å²) < 4.78 is 8.85. The van der Waals surface area contributed by atoms with Crippen LogP contribution in [-0.4, -0.2) is 14.4 Å². The number of aromatic nitrogens is 3. The molecule has 0 saturated heterocycles. The van der Waals surface area contributed by atoms with Crippen LogP contribution in [0.1, 0.15) is 0 Å². The lowest BCUT2D eigenvalue weighted by molar-refractivity contribution is 0.673. The van der Waals surface area contributed by atoms with E-state index in [-0.39, 0.29) is 0 Å². The van der Waals surface area contributed by atoms with Gasteiger partial charge >= 0.3 is 0 Å². The average molecular weight is 460 g/mol. The van der Waals surface area contributed by atoms with Crippen molar-refractivity contribution < 1.29 is 4.42 Å². The van der Waals surface area contributed by atoms with E-state index in [4.69, 9.17) is 14.4 Å². The van der Waals surface area contributed by atoms with Crippen molar-refractivity contribution in [3.05, 3.63) is 103 Å². The second-order valence-corrected chi connectivity index (χ2v) is 9.44. The molecule has 4 aromatic heterocycles. The van der Waals surface area contributed by atoms with Gasteiger partial charge in [-0.2, -0.15) is 0 Å². The molecule has 0 aliphatic rings. The fraction of sp³-hybridized carbons (Fsp3) is 0. The smallest absolute Gasteiger partial charge is 0.165 e. The van der Waals surface area contributed by atoms with E-state index in [1.807, 2.05) is 30.3 Å². The zero-order valence-corrected chi connectivity index (χ0v) is 19.1. The van der Waals surface area contributed by atoms with E-state index in [1.54, 1.807) is 0 Å². The largest absolute Gasteiger partial charge is 0.455 e. The van der Waals surface area contributed by atoms with Gasteiger partial charge in [0, 0.05) is 21.5 Å². The molecule has 36 heavy (non-hydrogen) atoms. The number of benzene rings is 5. The number of para-hydroxylation sites is 3. The molecule has 0 fully saturated rings. The number of hydrogen-bond acceptors (Lipinski definition) is 3. The van der Waals surface area contributed by atoms with Gasteiger partial charge in [0.2, 0.25) is 0 Å². The summed E-state index contributed by atoms with van der Waals surface area (Å²) in [5, 5.41) is 5.67. The molecule has 4 heterocycles. The van der Waals surface area contributed by atoms with Gasteiger partial charge in [0.15, 0.2) is 5.65 Å². The molecule has 5 aromatic carbocycles. The third kappa shape index (κ3) is 2.19. The van der Waals surface area contributed by atoms with Crippen LogP contribution >= 0.6 is 0 Å². The van der Waals surface area contributed by atoms with Crippen molar-refractivity contribution >= 4 is 71.3 Å². The normalized spacial score (nSPS) is 12.4. The zero-order valence-electron chi connectivity index (χ0n) is 19.1. The van der Waals surface area contributed by atoms with Gasteiger partial charge in [-0.25, -0.2) is 9.97 Å². The Morgan fingerprint density at radius 1 is 0.583 bits per heavy atom. The summed E-state index contributed by atoms with van der Waals surface area (Å²) in [5.74, 6) is 0. The van der Waals surface area contributed by atoms with Crippen LogP contribution in [-0.2, 0) is 0 Å². The second-order valence-electron chi connectivity index (χ2n) is 9.44. The summed E-state index contributed by atoms with van der Waals surface area (Å²) in [6, 6.07) is 35.9. The maximum absolute atomic E-state index is 6.59. The standard InChI is InChI=1S/C32H17N3O/c1-2-8-18(9-3-1)19-14-15-27-21(16-19)23-17-22-20-10-4-7-13-26(20)35-30(22)28(31(23)36-27)29-32(35)34-25-12-6-5-11-24(25)33-29/h1-17H. The van der Waals surface area contributed by atoms with Gasteiger partial charge in [-0.05, 0) is 47.5 Å². The summed E-state index contributed by atoms with van der Waals surface area (Å²) in [7, 11) is 0. The minimum Gasteiger partial charge on any atom is -0.455 e. The van der Waals surface area contributed by atoms with Crippen molar-refractivity contribution in [1.29, 1.82) is 0 Å². The van der Waals surface area contributed by atoms with Crippen LogP contribution in [0.15, 0.2) is 108 Å². The summed E-state index contributed by atoms with van der Waals surface area (Å²) in [6.45, 7) is 0. The van der Waals surface area contributed by atoms with Crippen LogP contribution in [0.25, 0.3) is 82.5 Å². The monoisotopic (exact) mass is 459 g/mol. The lowest BCUT2D eigenvalue weighted by atomic mass is 10.0. The Bertz CT molecular complexity index is 2310. The number of rotatable bonds is 1. The maximum atomic E-state index is 6.59. The fourth-order valence-electron chi connectivity index (χ4n) is 5.92. The summed E-state index contributed by atoms with van der Waals surface area (Å²) in [4.78, 5) is 10.2.